The summed E-state index contributed by atoms with van der Waals surface area (Å²) in [6, 6.07) is 6.99. The topological polar surface area (TPSA) is 64.2 Å². The largest absolute Gasteiger partial charge is 0.371 e. The molecule has 178 valence electrons. The van der Waals surface area contributed by atoms with Gasteiger partial charge in [-0.1, -0.05) is 25.7 Å². The molecule has 4 N–H and O–H groups in total. The molecule has 4 aliphatic rings. The normalized spacial score (nSPS) is 32.8. The molecule has 3 heterocycles. The van der Waals surface area contributed by atoms with Crippen molar-refractivity contribution in [1.29, 1.82) is 0 Å². The zero-order chi connectivity index (χ0) is 21.6. The summed E-state index contributed by atoms with van der Waals surface area (Å²) in [5.74, 6) is 0. The number of nitrogens with zero attached hydrogens (tertiary/aromatic N) is 2. The molecular formula is C26H44N6. The minimum absolute atomic E-state index is 0.554. The Hall–Kier alpha value is -1.21. The molecule has 4 atom stereocenters. The quantitative estimate of drug-likeness (QED) is 0.538. The van der Waals surface area contributed by atoms with Gasteiger partial charge in [0, 0.05) is 69.1 Å². The van der Waals surface area contributed by atoms with Gasteiger partial charge in [0.1, 0.15) is 0 Å². The van der Waals surface area contributed by atoms with E-state index in [0.717, 1.165) is 26.2 Å². The number of piperidine rings is 1. The van der Waals surface area contributed by atoms with Crippen LogP contribution in [0.25, 0.3) is 0 Å². The number of pyridine rings is 1. The van der Waals surface area contributed by atoms with Crippen molar-refractivity contribution in [1.82, 2.24) is 26.3 Å². The Morgan fingerprint density at radius 2 is 1.06 bits per heavy atom. The van der Waals surface area contributed by atoms with Crippen LogP contribution in [0.5, 0.6) is 0 Å². The van der Waals surface area contributed by atoms with Crippen molar-refractivity contribution in [3.8, 4) is 0 Å². The van der Waals surface area contributed by atoms with Gasteiger partial charge in [0.2, 0.25) is 0 Å². The standard InChI is InChI=1S/C26H44N6/c1-6-14-32(15-7-1)22-16-20-18-29-25-10-4-2-8-23(25)27-12-13-28-24-9-3-5-11-26(24)30-19-21(17-22)31-20/h16-17,23-30H,1-15,18-19H2/t23-,24-,25-,26-/m1/s1. The first-order valence-corrected chi connectivity index (χ1v) is 13.5. The summed E-state index contributed by atoms with van der Waals surface area (Å²) in [5.41, 5.74) is 3.80. The Bertz CT molecular complexity index is 670. The number of nitrogens with one attached hydrogen (secondary N) is 4. The second kappa shape index (κ2) is 11.3. The average Bonchev–Trinajstić information content (AvgIpc) is 2.85. The van der Waals surface area contributed by atoms with E-state index in [4.69, 9.17) is 4.98 Å². The lowest BCUT2D eigenvalue weighted by atomic mass is 9.89. The molecule has 0 spiro atoms. The lowest BCUT2D eigenvalue weighted by molar-refractivity contribution is 0.266. The van der Waals surface area contributed by atoms with Crippen LogP contribution in [0.1, 0.15) is 82.0 Å². The molecule has 2 aliphatic carbocycles. The average molecular weight is 441 g/mol. The van der Waals surface area contributed by atoms with Gasteiger partial charge in [-0.2, -0.15) is 0 Å². The smallest absolute Gasteiger partial charge is 0.0566 e. The molecule has 2 bridgehead atoms. The summed E-state index contributed by atoms with van der Waals surface area (Å²) < 4.78 is 0. The van der Waals surface area contributed by atoms with Gasteiger partial charge in [0.15, 0.2) is 0 Å². The molecule has 0 unspecified atom stereocenters. The van der Waals surface area contributed by atoms with Crippen LogP contribution < -0.4 is 26.2 Å². The third kappa shape index (κ3) is 5.82. The van der Waals surface area contributed by atoms with Gasteiger partial charge in [-0.3, -0.25) is 4.98 Å². The van der Waals surface area contributed by atoms with Crippen LogP contribution in [-0.2, 0) is 13.1 Å². The van der Waals surface area contributed by atoms with Crippen molar-refractivity contribution in [2.45, 2.75) is 108 Å². The molecule has 32 heavy (non-hydrogen) atoms. The van der Waals surface area contributed by atoms with Crippen molar-refractivity contribution in [2.24, 2.45) is 0 Å². The number of rotatable bonds is 1. The molecule has 6 heteroatoms. The highest BCUT2D eigenvalue weighted by atomic mass is 15.1. The summed E-state index contributed by atoms with van der Waals surface area (Å²) in [6.07, 6.45) is 14.5. The van der Waals surface area contributed by atoms with Crippen LogP contribution in [0.3, 0.4) is 0 Å². The van der Waals surface area contributed by atoms with E-state index in [2.05, 4.69) is 38.3 Å². The first-order valence-electron chi connectivity index (χ1n) is 13.5. The third-order valence-electron chi connectivity index (χ3n) is 8.20. The fourth-order valence-corrected chi connectivity index (χ4v) is 6.37. The summed E-state index contributed by atoms with van der Waals surface area (Å²) in [4.78, 5) is 7.71. The highest BCUT2D eigenvalue weighted by Gasteiger charge is 2.27. The van der Waals surface area contributed by atoms with E-state index in [1.165, 1.54) is 101 Å². The molecule has 0 radical (unpaired) electrons. The molecule has 3 fully saturated rings. The van der Waals surface area contributed by atoms with E-state index in [-0.39, 0.29) is 0 Å². The third-order valence-corrected chi connectivity index (χ3v) is 8.20. The van der Waals surface area contributed by atoms with E-state index >= 15 is 0 Å². The Labute approximate surface area is 194 Å². The van der Waals surface area contributed by atoms with Gasteiger partial charge in [-0.05, 0) is 57.1 Å². The minimum Gasteiger partial charge on any atom is -0.371 e. The summed E-state index contributed by atoms with van der Waals surface area (Å²) in [7, 11) is 0. The van der Waals surface area contributed by atoms with E-state index in [0.29, 0.717) is 24.2 Å². The van der Waals surface area contributed by atoms with Crippen LogP contribution in [-0.4, -0.2) is 55.3 Å². The van der Waals surface area contributed by atoms with Crippen LogP contribution in [0.2, 0.25) is 0 Å². The van der Waals surface area contributed by atoms with Crippen molar-refractivity contribution < 1.29 is 0 Å². The lowest BCUT2D eigenvalue weighted by Crippen LogP contribution is -2.53. The molecule has 2 saturated carbocycles. The number of hydrogen-bond donors (Lipinski definition) is 4. The van der Waals surface area contributed by atoms with Crippen molar-refractivity contribution in [3.63, 3.8) is 0 Å². The summed E-state index contributed by atoms with van der Waals surface area (Å²) in [5, 5.41) is 15.6. The number of anilines is 1. The Morgan fingerprint density at radius 1 is 0.594 bits per heavy atom. The maximum absolute atomic E-state index is 5.12. The molecule has 0 amide bonds. The second-order valence-corrected chi connectivity index (χ2v) is 10.5. The first-order chi connectivity index (χ1) is 15.8. The second-order valence-electron chi connectivity index (χ2n) is 10.5. The first kappa shape index (κ1) is 22.6. The Kier molecular flexibility index (Phi) is 7.96. The molecule has 1 aromatic heterocycles. The van der Waals surface area contributed by atoms with E-state index < -0.39 is 0 Å². The highest BCUT2D eigenvalue weighted by molar-refractivity contribution is 5.49. The van der Waals surface area contributed by atoms with Crippen molar-refractivity contribution >= 4 is 5.69 Å². The van der Waals surface area contributed by atoms with Gasteiger partial charge in [-0.25, -0.2) is 0 Å². The molecule has 1 aromatic rings. The fraction of sp³-hybridized carbons (Fsp3) is 0.808. The van der Waals surface area contributed by atoms with Crippen LogP contribution in [0.4, 0.5) is 5.69 Å². The minimum atomic E-state index is 0.554. The van der Waals surface area contributed by atoms with Gasteiger partial charge >= 0.3 is 0 Å². The molecule has 2 aliphatic heterocycles. The summed E-state index contributed by atoms with van der Waals surface area (Å²) in [6.45, 7) is 6.26. The van der Waals surface area contributed by atoms with E-state index in [1.54, 1.807) is 0 Å². The predicted molar refractivity (Wildman–Crippen MR) is 132 cm³/mol. The Morgan fingerprint density at radius 3 is 1.56 bits per heavy atom. The highest BCUT2D eigenvalue weighted by Crippen LogP contribution is 2.24. The van der Waals surface area contributed by atoms with Gasteiger partial charge in [0.05, 0.1) is 11.4 Å². The van der Waals surface area contributed by atoms with Gasteiger partial charge in [0.25, 0.3) is 0 Å². The molecule has 1 saturated heterocycles. The number of hydrogen-bond acceptors (Lipinski definition) is 6. The van der Waals surface area contributed by atoms with Crippen LogP contribution in [0, 0.1) is 0 Å². The van der Waals surface area contributed by atoms with Crippen molar-refractivity contribution in [3.05, 3.63) is 23.5 Å². The lowest BCUT2D eigenvalue weighted by Gasteiger charge is -2.34. The van der Waals surface area contributed by atoms with Gasteiger partial charge in [-0.15, -0.1) is 0 Å². The number of fused-ring (bicyclic) bond motifs is 4. The molecule has 0 aromatic carbocycles. The maximum Gasteiger partial charge on any atom is 0.0566 e. The fourth-order valence-electron chi connectivity index (χ4n) is 6.37. The maximum atomic E-state index is 5.12. The van der Waals surface area contributed by atoms with Crippen LogP contribution in [0.15, 0.2) is 12.1 Å². The van der Waals surface area contributed by atoms with E-state index in [9.17, 15) is 0 Å². The summed E-state index contributed by atoms with van der Waals surface area (Å²) >= 11 is 0. The predicted octanol–water partition coefficient (Wildman–Crippen LogP) is 3.07. The van der Waals surface area contributed by atoms with E-state index in [1.807, 2.05) is 0 Å². The Balaban J connectivity index is 1.37. The van der Waals surface area contributed by atoms with Crippen LogP contribution >= 0.6 is 0 Å². The molecule has 6 nitrogen and oxygen atoms in total. The molecule has 5 rings (SSSR count). The SMILES string of the molecule is c1c(N2CCCCC2)cc2nc1CN[C@@H]1CCCC[C@H]1NCCN[C@@H]1CCCC[C@H]1NC2. The number of aromatic nitrogens is 1. The zero-order valence-corrected chi connectivity index (χ0v) is 19.9. The molecular weight excluding hydrogens is 396 g/mol. The monoisotopic (exact) mass is 440 g/mol. The van der Waals surface area contributed by atoms with Gasteiger partial charge < -0.3 is 26.2 Å². The van der Waals surface area contributed by atoms with Crippen molar-refractivity contribution in [2.75, 3.05) is 31.1 Å². The zero-order valence-electron chi connectivity index (χ0n) is 19.9.